The Balaban J connectivity index is 1.97. The van der Waals surface area contributed by atoms with Gasteiger partial charge in [0.05, 0.1) is 17.8 Å². The average Bonchev–Trinajstić information content (AvgIpc) is 2.48. The fourth-order valence-corrected chi connectivity index (χ4v) is 1.87. The Morgan fingerprint density at radius 2 is 2.25 bits per heavy atom. The van der Waals surface area contributed by atoms with Gasteiger partial charge in [0.2, 0.25) is 0 Å². The van der Waals surface area contributed by atoms with E-state index in [0.717, 1.165) is 5.56 Å². The molecule has 1 heterocycles. The number of rotatable bonds is 5. The summed E-state index contributed by atoms with van der Waals surface area (Å²) >= 11 is 6.08. The molecule has 0 aliphatic heterocycles. The molecule has 1 aromatic heterocycles. The molecule has 0 radical (unpaired) electrons. The monoisotopic (exact) mass is 291 g/mol. The van der Waals surface area contributed by atoms with Crippen LogP contribution in [0.1, 0.15) is 23.0 Å². The number of aromatic nitrogens is 2. The molecule has 0 saturated heterocycles. The molecule has 1 amide bonds. The van der Waals surface area contributed by atoms with Crippen molar-refractivity contribution in [3.05, 3.63) is 53.1 Å². The fraction of sp³-hybridized carbons (Fsp3) is 0.214. The molecule has 0 atom stereocenters. The minimum atomic E-state index is -0.275. The highest BCUT2D eigenvalue weighted by Gasteiger charge is 2.07. The van der Waals surface area contributed by atoms with Crippen molar-refractivity contribution in [2.24, 2.45) is 0 Å². The minimum Gasteiger partial charge on any atom is -0.492 e. The van der Waals surface area contributed by atoms with Crippen molar-refractivity contribution < 1.29 is 9.53 Å². The summed E-state index contributed by atoms with van der Waals surface area (Å²) < 4.78 is 5.35. The van der Waals surface area contributed by atoms with Crippen LogP contribution in [0.2, 0.25) is 5.02 Å². The van der Waals surface area contributed by atoms with Crippen molar-refractivity contribution >= 4 is 17.5 Å². The van der Waals surface area contributed by atoms with Gasteiger partial charge in [0.25, 0.3) is 5.91 Å². The van der Waals surface area contributed by atoms with Crippen LogP contribution in [0.25, 0.3) is 0 Å². The van der Waals surface area contributed by atoms with E-state index in [0.29, 0.717) is 23.9 Å². The van der Waals surface area contributed by atoms with Crippen molar-refractivity contribution in [2.75, 3.05) is 6.61 Å². The van der Waals surface area contributed by atoms with Crippen molar-refractivity contribution in [3.8, 4) is 5.75 Å². The van der Waals surface area contributed by atoms with Crippen molar-refractivity contribution in [3.63, 3.8) is 0 Å². The number of benzene rings is 1. The first-order valence-electron chi connectivity index (χ1n) is 6.16. The molecule has 0 fully saturated rings. The zero-order valence-electron chi connectivity index (χ0n) is 11.0. The molecule has 20 heavy (non-hydrogen) atoms. The van der Waals surface area contributed by atoms with Gasteiger partial charge in [-0.1, -0.05) is 17.7 Å². The first-order valence-corrected chi connectivity index (χ1v) is 6.54. The van der Waals surface area contributed by atoms with Crippen LogP contribution in [0.3, 0.4) is 0 Å². The Bertz CT molecular complexity index is 590. The smallest absolute Gasteiger partial charge is 0.271 e. The lowest BCUT2D eigenvalue weighted by molar-refractivity contribution is 0.0945. The van der Waals surface area contributed by atoms with Gasteiger partial charge in [0.15, 0.2) is 0 Å². The highest BCUT2D eigenvalue weighted by molar-refractivity contribution is 6.32. The molecule has 104 valence electrons. The van der Waals surface area contributed by atoms with E-state index in [2.05, 4.69) is 15.3 Å². The van der Waals surface area contributed by atoms with Crippen LogP contribution >= 0.6 is 11.6 Å². The number of nitrogens with one attached hydrogen (secondary N) is 1. The number of nitrogens with zero attached hydrogens (tertiary/aromatic N) is 2. The summed E-state index contributed by atoms with van der Waals surface area (Å²) in [7, 11) is 0. The van der Waals surface area contributed by atoms with E-state index in [1.165, 1.54) is 18.6 Å². The zero-order chi connectivity index (χ0) is 14.4. The lowest BCUT2D eigenvalue weighted by atomic mass is 10.2. The Hall–Kier alpha value is -2.14. The zero-order valence-corrected chi connectivity index (χ0v) is 11.7. The topological polar surface area (TPSA) is 64.1 Å². The third-order valence-corrected chi connectivity index (χ3v) is 2.84. The molecule has 6 heteroatoms. The third-order valence-electron chi connectivity index (χ3n) is 2.55. The number of halogens is 1. The van der Waals surface area contributed by atoms with Crippen molar-refractivity contribution in [1.82, 2.24) is 15.3 Å². The molecular formula is C14H14ClN3O2. The van der Waals surface area contributed by atoms with Crippen LogP contribution in [-0.4, -0.2) is 22.5 Å². The van der Waals surface area contributed by atoms with Crippen LogP contribution in [0.15, 0.2) is 36.8 Å². The number of ether oxygens (including phenoxy) is 1. The normalized spacial score (nSPS) is 10.1. The number of carbonyl (C=O) groups excluding carboxylic acids is 1. The molecular weight excluding hydrogens is 278 g/mol. The minimum absolute atomic E-state index is 0.275. The lowest BCUT2D eigenvalue weighted by Crippen LogP contribution is -2.23. The maximum atomic E-state index is 11.8. The predicted octanol–water partition coefficient (Wildman–Crippen LogP) is 2.46. The Morgan fingerprint density at radius 1 is 1.40 bits per heavy atom. The van der Waals surface area contributed by atoms with Crippen LogP contribution in [0.5, 0.6) is 5.75 Å². The molecule has 0 aliphatic rings. The molecule has 1 aromatic carbocycles. The highest BCUT2D eigenvalue weighted by Crippen LogP contribution is 2.25. The van der Waals surface area contributed by atoms with Gasteiger partial charge in [-0.25, -0.2) is 4.98 Å². The van der Waals surface area contributed by atoms with Gasteiger partial charge in [-0.15, -0.1) is 0 Å². The quantitative estimate of drug-likeness (QED) is 0.919. The van der Waals surface area contributed by atoms with E-state index in [1.807, 2.05) is 13.0 Å². The summed E-state index contributed by atoms with van der Waals surface area (Å²) in [5.41, 5.74) is 1.17. The lowest BCUT2D eigenvalue weighted by Gasteiger charge is -2.08. The SMILES string of the molecule is CCOc1ccc(CNC(=O)c2cnccn2)cc1Cl. The highest BCUT2D eigenvalue weighted by atomic mass is 35.5. The molecule has 2 aromatic rings. The van der Waals surface area contributed by atoms with Crippen LogP contribution in [0.4, 0.5) is 0 Å². The first kappa shape index (κ1) is 14.3. The number of hydrogen-bond donors (Lipinski definition) is 1. The third kappa shape index (κ3) is 3.68. The summed E-state index contributed by atoms with van der Waals surface area (Å²) in [6.45, 7) is 2.81. The maximum Gasteiger partial charge on any atom is 0.271 e. The van der Waals surface area contributed by atoms with Crippen molar-refractivity contribution in [1.29, 1.82) is 0 Å². The molecule has 5 nitrogen and oxygen atoms in total. The van der Waals surface area contributed by atoms with E-state index in [9.17, 15) is 4.79 Å². The van der Waals surface area contributed by atoms with E-state index < -0.39 is 0 Å². The molecule has 1 N–H and O–H groups in total. The summed E-state index contributed by atoms with van der Waals surface area (Å²) in [6.07, 6.45) is 4.41. The van der Waals surface area contributed by atoms with Gasteiger partial charge >= 0.3 is 0 Å². The molecule has 0 saturated carbocycles. The molecule has 0 spiro atoms. The molecule has 0 bridgehead atoms. The summed E-state index contributed by atoms with van der Waals surface area (Å²) in [5.74, 6) is 0.362. The van der Waals surface area contributed by atoms with E-state index >= 15 is 0 Å². The first-order chi connectivity index (χ1) is 9.70. The largest absolute Gasteiger partial charge is 0.492 e. The average molecular weight is 292 g/mol. The molecule has 2 rings (SSSR count). The summed E-state index contributed by atoms with van der Waals surface area (Å²) in [6, 6.07) is 5.41. The number of carbonyl (C=O) groups is 1. The van der Waals surface area contributed by atoms with Crippen LogP contribution < -0.4 is 10.1 Å². The fourth-order valence-electron chi connectivity index (χ4n) is 1.62. The number of hydrogen-bond acceptors (Lipinski definition) is 4. The maximum absolute atomic E-state index is 11.8. The Labute approximate surface area is 122 Å². The standard InChI is InChI=1S/C14H14ClN3O2/c1-2-20-13-4-3-10(7-11(13)15)8-18-14(19)12-9-16-5-6-17-12/h3-7,9H,2,8H2,1H3,(H,18,19). The van der Waals surface area contributed by atoms with Crippen LogP contribution in [-0.2, 0) is 6.54 Å². The molecule has 0 aliphatic carbocycles. The van der Waals surface area contributed by atoms with Crippen LogP contribution in [0, 0.1) is 0 Å². The number of amides is 1. The second-order valence-electron chi connectivity index (χ2n) is 3.97. The summed E-state index contributed by atoms with van der Waals surface area (Å²) in [5, 5.41) is 3.28. The Morgan fingerprint density at radius 3 is 2.90 bits per heavy atom. The molecule has 0 unspecified atom stereocenters. The predicted molar refractivity (Wildman–Crippen MR) is 75.8 cm³/mol. The van der Waals surface area contributed by atoms with Crippen molar-refractivity contribution in [2.45, 2.75) is 13.5 Å². The van der Waals surface area contributed by atoms with Gasteiger partial charge in [-0.2, -0.15) is 0 Å². The summed E-state index contributed by atoms with van der Waals surface area (Å²) in [4.78, 5) is 19.6. The van der Waals surface area contributed by atoms with E-state index in [-0.39, 0.29) is 11.6 Å². The second kappa shape index (κ2) is 6.86. The van der Waals surface area contributed by atoms with E-state index in [4.69, 9.17) is 16.3 Å². The van der Waals surface area contributed by atoms with Gasteiger partial charge in [0, 0.05) is 18.9 Å². The van der Waals surface area contributed by atoms with Gasteiger partial charge in [-0.05, 0) is 24.6 Å². The second-order valence-corrected chi connectivity index (χ2v) is 4.38. The van der Waals surface area contributed by atoms with E-state index in [1.54, 1.807) is 12.1 Å². The Kier molecular flexibility index (Phi) is 4.90. The van der Waals surface area contributed by atoms with Gasteiger partial charge in [-0.3, -0.25) is 9.78 Å². The van der Waals surface area contributed by atoms with Gasteiger partial charge < -0.3 is 10.1 Å². The van der Waals surface area contributed by atoms with Gasteiger partial charge in [0.1, 0.15) is 11.4 Å².